The van der Waals surface area contributed by atoms with Crippen molar-refractivity contribution in [2.75, 3.05) is 21.3 Å². The number of ether oxygens (including phenoxy) is 2. The number of hydrogen-bond acceptors (Lipinski definition) is 8. The number of aryl methyl sites for hydroxylation is 3. The van der Waals surface area contributed by atoms with Crippen molar-refractivity contribution >= 4 is 103 Å². The van der Waals surface area contributed by atoms with E-state index in [4.69, 9.17) is 44.3 Å². The number of phenols is 2. The number of fused-ring (bicyclic) bond motifs is 2. The number of phenolic OH excluding ortho intramolecular Hbond substituents is 2. The Bertz CT molecular complexity index is 3070. The summed E-state index contributed by atoms with van der Waals surface area (Å²) in [5.41, 5.74) is 5.29. The second-order valence-corrected chi connectivity index (χ2v) is 22.6. The third-order valence-corrected chi connectivity index (χ3v) is 15.5. The number of benzene rings is 6. The fourth-order valence-corrected chi connectivity index (χ4v) is 10.4. The summed E-state index contributed by atoms with van der Waals surface area (Å²) in [4.78, 5) is 50.0. The van der Waals surface area contributed by atoms with Crippen LogP contribution in [-0.4, -0.2) is 46.0 Å². The molecule has 4 amide bonds. The van der Waals surface area contributed by atoms with E-state index in [2.05, 4.69) is 74.1 Å². The number of unbranched alkanes of at least 4 members (excludes halogenated alkanes) is 16. The van der Waals surface area contributed by atoms with E-state index >= 15 is 0 Å². The van der Waals surface area contributed by atoms with Crippen LogP contribution in [0.25, 0.3) is 21.5 Å². The van der Waals surface area contributed by atoms with Crippen LogP contribution >= 0.6 is 34.8 Å². The first-order valence-corrected chi connectivity index (χ1v) is 30.2. The molecule has 2 unspecified atom stereocenters. The molecule has 81 heavy (non-hydrogen) atoms. The van der Waals surface area contributed by atoms with E-state index in [9.17, 15) is 29.4 Å². The quantitative estimate of drug-likeness (QED) is 0.0191. The van der Waals surface area contributed by atoms with E-state index in [1.54, 1.807) is 6.07 Å². The minimum absolute atomic E-state index is 0.163. The van der Waals surface area contributed by atoms with Crippen molar-refractivity contribution in [3.8, 4) is 23.0 Å². The number of anilines is 4. The summed E-state index contributed by atoms with van der Waals surface area (Å²) >= 11 is 19.3. The Morgan fingerprint density at radius 1 is 0.444 bits per heavy atom. The lowest BCUT2D eigenvalue weighted by Gasteiger charge is -2.23. The lowest BCUT2D eigenvalue weighted by Crippen LogP contribution is -2.33. The molecule has 6 aromatic carbocycles. The van der Waals surface area contributed by atoms with Crippen molar-refractivity contribution < 1.29 is 38.9 Å². The van der Waals surface area contributed by atoms with E-state index < -0.39 is 18.1 Å². The molecular formula is C66H85Cl3N4O8. The molecule has 0 aliphatic rings. The first-order valence-electron chi connectivity index (χ1n) is 29.0. The number of carbonyl (C=O) groups excluding carboxylic acids is 4. The smallest absolute Gasteiger partial charge is 0.265 e. The minimum atomic E-state index is -0.828. The number of aromatic hydroxyl groups is 2. The van der Waals surface area contributed by atoms with Gasteiger partial charge in [0.1, 0.15) is 23.0 Å². The van der Waals surface area contributed by atoms with Gasteiger partial charge in [0.05, 0.1) is 37.8 Å². The topological polar surface area (TPSA) is 175 Å². The highest BCUT2D eigenvalue weighted by molar-refractivity contribution is 6.35. The van der Waals surface area contributed by atoms with Crippen LogP contribution in [0.15, 0.2) is 78.9 Å². The second kappa shape index (κ2) is 33.6. The molecule has 0 saturated heterocycles. The van der Waals surface area contributed by atoms with Gasteiger partial charge >= 0.3 is 0 Å². The summed E-state index contributed by atoms with van der Waals surface area (Å²) in [5.74, 6) is -0.628. The summed E-state index contributed by atoms with van der Waals surface area (Å²) in [5, 5.41) is 36.1. The van der Waals surface area contributed by atoms with E-state index in [-0.39, 0.29) is 62.0 Å². The molecule has 6 aromatic rings. The Kier molecular flexibility index (Phi) is 27.3. The van der Waals surface area contributed by atoms with Crippen LogP contribution in [0.2, 0.25) is 15.1 Å². The fraction of sp³-hybridized carbons (Fsp3) is 0.455. The monoisotopic (exact) mass is 1170 g/mol. The Balaban J connectivity index is 0.000000297. The van der Waals surface area contributed by atoms with Gasteiger partial charge < -0.3 is 41.0 Å². The van der Waals surface area contributed by atoms with Gasteiger partial charge in [-0.1, -0.05) is 194 Å². The van der Waals surface area contributed by atoms with Crippen molar-refractivity contribution in [1.82, 2.24) is 0 Å². The molecule has 2 atom stereocenters. The molecule has 0 bridgehead atoms. The maximum atomic E-state index is 13.7. The first kappa shape index (κ1) is 65.6. The molecule has 0 fully saturated rings. The van der Waals surface area contributed by atoms with Crippen LogP contribution in [0, 0.1) is 27.7 Å². The summed E-state index contributed by atoms with van der Waals surface area (Å²) in [6, 6.07) is 23.4. The zero-order valence-electron chi connectivity index (χ0n) is 48.8. The average molecular weight is 1170 g/mol. The van der Waals surface area contributed by atoms with Gasteiger partial charge in [-0.15, -0.1) is 0 Å². The molecule has 0 heterocycles. The number of nitrogens with one attached hydrogen (secondary N) is 4. The number of carbonyl (C=O) groups is 4. The largest absolute Gasteiger partial charge is 0.506 e. The van der Waals surface area contributed by atoms with Crippen molar-refractivity contribution in [2.24, 2.45) is 0 Å². The van der Waals surface area contributed by atoms with E-state index in [0.717, 1.165) is 82.5 Å². The van der Waals surface area contributed by atoms with Crippen molar-refractivity contribution in [3.05, 3.63) is 116 Å². The third-order valence-electron chi connectivity index (χ3n) is 14.6. The molecule has 0 radical (unpaired) electrons. The highest BCUT2D eigenvalue weighted by Crippen LogP contribution is 2.39. The maximum absolute atomic E-state index is 13.7. The van der Waals surface area contributed by atoms with Gasteiger partial charge in [0.25, 0.3) is 11.8 Å². The minimum Gasteiger partial charge on any atom is -0.506 e. The molecule has 0 spiro atoms. The van der Waals surface area contributed by atoms with Gasteiger partial charge in [-0.05, 0) is 111 Å². The van der Waals surface area contributed by atoms with Crippen LogP contribution in [0.3, 0.4) is 0 Å². The lowest BCUT2D eigenvalue weighted by molar-refractivity contribution is -0.123. The van der Waals surface area contributed by atoms with Gasteiger partial charge in [-0.25, -0.2) is 0 Å². The molecule has 15 heteroatoms. The Morgan fingerprint density at radius 2 is 0.864 bits per heavy atom. The van der Waals surface area contributed by atoms with Crippen LogP contribution in [0.4, 0.5) is 22.7 Å². The predicted molar refractivity (Wildman–Crippen MR) is 336 cm³/mol. The zero-order valence-corrected chi connectivity index (χ0v) is 51.0. The molecule has 438 valence electrons. The van der Waals surface area contributed by atoms with Gasteiger partial charge in [-0.2, -0.15) is 0 Å². The van der Waals surface area contributed by atoms with Crippen LogP contribution in [0.5, 0.6) is 23.0 Å². The van der Waals surface area contributed by atoms with Crippen molar-refractivity contribution in [3.63, 3.8) is 0 Å². The Hall–Kier alpha value is -6.21. The molecule has 0 saturated carbocycles. The summed E-state index contributed by atoms with van der Waals surface area (Å²) < 4.78 is 12.9. The normalized spacial score (nSPS) is 11.8. The average Bonchev–Trinajstić information content (AvgIpc) is 3.43. The van der Waals surface area contributed by atoms with Crippen LogP contribution < -0.4 is 30.7 Å². The molecular weight excluding hydrogens is 1080 g/mol. The standard InChI is InChI=1S/C34H45ClN2O4.C32H40Cl2N2O4/c1-7-8-9-10-11-12-13-14-15-32(34(40)37-29-20-31(39)30(19-28(29)35)36-25(6)38)41-33-24(5)23(4)17-26-16-21(2)22(3)18-27(26)33;1-3-4-5-6-7-8-9-10-11-12-17-30(40-31-24-16-14-13-15-23(24)18-19-25(31)33)32(39)36-27-21-29(38)28(20-26(27)34)35-22(2)37/h16-20,32,39H,7-15H2,1-6H3,(H,36,38)(H,37,40);13-16,18-21,30,38H,3-12,17H2,1-2H3,(H,35,37)(H,36,39). The zero-order chi connectivity index (χ0) is 59.0. The van der Waals surface area contributed by atoms with Gasteiger partial charge in [0.2, 0.25) is 11.8 Å². The molecule has 0 aliphatic heterocycles. The summed E-state index contributed by atoms with van der Waals surface area (Å²) in [7, 11) is 0. The van der Waals surface area contributed by atoms with E-state index in [1.165, 1.54) is 121 Å². The van der Waals surface area contributed by atoms with E-state index in [1.807, 2.05) is 37.3 Å². The SMILES string of the molecule is CCCCCCCCCCC(Oc1c(C)c(C)cc2cc(C)c(C)cc12)C(=O)Nc1cc(O)c(NC(C)=O)cc1Cl.CCCCCCCCCCCCC(Oc1c(Cl)ccc2ccccc12)C(=O)Nc1cc(O)c(NC(C)=O)cc1Cl. The van der Waals surface area contributed by atoms with Gasteiger partial charge in [-0.3, -0.25) is 19.2 Å². The van der Waals surface area contributed by atoms with Crippen LogP contribution in [-0.2, 0) is 19.2 Å². The molecule has 0 aliphatic carbocycles. The highest BCUT2D eigenvalue weighted by atomic mass is 35.5. The van der Waals surface area contributed by atoms with Crippen molar-refractivity contribution in [2.45, 2.75) is 196 Å². The Labute approximate surface area is 495 Å². The summed E-state index contributed by atoms with van der Waals surface area (Å²) in [6.07, 6.45) is 20.5. The predicted octanol–water partition coefficient (Wildman–Crippen LogP) is 18.8. The lowest BCUT2D eigenvalue weighted by atomic mass is 9.97. The fourth-order valence-electron chi connectivity index (χ4n) is 9.74. The number of rotatable bonds is 30. The van der Waals surface area contributed by atoms with Crippen molar-refractivity contribution in [1.29, 1.82) is 0 Å². The number of halogens is 3. The second-order valence-electron chi connectivity index (χ2n) is 21.4. The molecule has 0 aromatic heterocycles. The van der Waals surface area contributed by atoms with Gasteiger partial charge in [0, 0.05) is 36.8 Å². The number of amides is 4. The molecule has 6 rings (SSSR count). The third kappa shape index (κ3) is 20.6. The van der Waals surface area contributed by atoms with Gasteiger partial charge in [0.15, 0.2) is 12.2 Å². The summed E-state index contributed by atoms with van der Waals surface area (Å²) in [6.45, 7) is 15.4. The number of hydrogen-bond donors (Lipinski definition) is 6. The molecule has 6 N–H and O–H groups in total. The first-order chi connectivity index (χ1) is 38.8. The molecule has 12 nitrogen and oxygen atoms in total. The highest BCUT2D eigenvalue weighted by Gasteiger charge is 2.26. The maximum Gasteiger partial charge on any atom is 0.265 e. The Morgan fingerprint density at radius 3 is 1.33 bits per heavy atom. The van der Waals surface area contributed by atoms with Crippen LogP contribution in [0.1, 0.15) is 178 Å². The van der Waals surface area contributed by atoms with E-state index in [0.29, 0.717) is 23.6 Å².